The Morgan fingerprint density at radius 2 is 2.46 bits per heavy atom. The van der Waals surface area contributed by atoms with Crippen LogP contribution in [0.5, 0.6) is 0 Å². The van der Waals surface area contributed by atoms with Crippen molar-refractivity contribution in [2.45, 2.75) is 13.0 Å². The van der Waals surface area contributed by atoms with Gasteiger partial charge in [-0.1, -0.05) is 11.3 Å². The second-order valence-electron chi connectivity index (χ2n) is 5.53. The molecule has 1 aliphatic heterocycles. The fourth-order valence-electron chi connectivity index (χ4n) is 2.44. The molecule has 8 heteroatoms. The summed E-state index contributed by atoms with van der Waals surface area (Å²) in [4.78, 5) is 18.2. The molecule has 0 saturated carbocycles. The molecule has 0 bridgehead atoms. The standard InChI is InChI=1S/C16H19N5O2S/c1-12-6-13(8-17-7-12)2-3-15(22)18-9-14-10-21(4-5-23-14)16-20-19-11-24-16/h2-3,6-8,11,14H,4-5,9-10H2,1H3,(H,18,22)/b3-2+. The zero-order valence-electron chi connectivity index (χ0n) is 13.4. The molecule has 3 rings (SSSR count). The van der Waals surface area contributed by atoms with Crippen LogP contribution in [0.15, 0.2) is 30.0 Å². The lowest BCUT2D eigenvalue weighted by Gasteiger charge is -2.32. The number of ether oxygens (including phenoxy) is 1. The number of nitrogens with zero attached hydrogens (tertiary/aromatic N) is 4. The maximum absolute atomic E-state index is 11.9. The number of anilines is 1. The number of aryl methyl sites for hydroxylation is 1. The molecule has 1 atom stereocenters. The van der Waals surface area contributed by atoms with E-state index in [1.807, 2.05) is 13.0 Å². The second kappa shape index (κ2) is 7.98. The van der Waals surface area contributed by atoms with E-state index in [-0.39, 0.29) is 12.0 Å². The van der Waals surface area contributed by atoms with Crippen LogP contribution < -0.4 is 10.2 Å². The highest BCUT2D eigenvalue weighted by molar-refractivity contribution is 7.13. The zero-order chi connectivity index (χ0) is 16.8. The molecule has 0 radical (unpaired) electrons. The molecule has 1 aliphatic rings. The molecule has 0 aliphatic carbocycles. The molecule has 2 aromatic rings. The molecule has 1 fully saturated rings. The Bertz CT molecular complexity index is 704. The lowest BCUT2D eigenvalue weighted by molar-refractivity contribution is -0.117. The van der Waals surface area contributed by atoms with Crippen molar-refractivity contribution >= 4 is 28.5 Å². The Morgan fingerprint density at radius 3 is 3.25 bits per heavy atom. The molecular formula is C16H19N5O2S. The van der Waals surface area contributed by atoms with Gasteiger partial charge >= 0.3 is 0 Å². The zero-order valence-corrected chi connectivity index (χ0v) is 14.2. The van der Waals surface area contributed by atoms with Crippen LogP contribution in [-0.4, -0.2) is 53.4 Å². The highest BCUT2D eigenvalue weighted by Crippen LogP contribution is 2.18. The number of rotatable bonds is 5. The van der Waals surface area contributed by atoms with Gasteiger partial charge in [-0.3, -0.25) is 9.78 Å². The number of nitrogens with one attached hydrogen (secondary N) is 1. The molecule has 1 amide bonds. The molecule has 1 N–H and O–H groups in total. The van der Waals surface area contributed by atoms with Crippen molar-refractivity contribution in [1.29, 1.82) is 0 Å². The van der Waals surface area contributed by atoms with Gasteiger partial charge in [-0.25, -0.2) is 0 Å². The Labute approximate surface area is 144 Å². The van der Waals surface area contributed by atoms with Crippen LogP contribution in [0.1, 0.15) is 11.1 Å². The van der Waals surface area contributed by atoms with Crippen molar-refractivity contribution in [3.05, 3.63) is 41.2 Å². The van der Waals surface area contributed by atoms with Crippen molar-refractivity contribution in [2.75, 3.05) is 31.1 Å². The van der Waals surface area contributed by atoms with Crippen LogP contribution in [0.4, 0.5) is 5.13 Å². The molecular weight excluding hydrogens is 326 g/mol. The molecule has 0 aromatic carbocycles. The van der Waals surface area contributed by atoms with Crippen molar-refractivity contribution < 1.29 is 9.53 Å². The van der Waals surface area contributed by atoms with Gasteiger partial charge < -0.3 is 15.0 Å². The van der Waals surface area contributed by atoms with E-state index in [4.69, 9.17) is 4.74 Å². The summed E-state index contributed by atoms with van der Waals surface area (Å²) >= 11 is 1.51. The van der Waals surface area contributed by atoms with E-state index in [2.05, 4.69) is 25.4 Å². The third kappa shape index (κ3) is 4.59. The van der Waals surface area contributed by atoms with Crippen LogP contribution in [0, 0.1) is 6.92 Å². The Morgan fingerprint density at radius 1 is 1.54 bits per heavy atom. The average Bonchev–Trinajstić information content (AvgIpc) is 3.13. The van der Waals surface area contributed by atoms with E-state index in [1.54, 1.807) is 24.0 Å². The first-order valence-corrected chi connectivity index (χ1v) is 8.59. The lowest BCUT2D eigenvalue weighted by Crippen LogP contribution is -2.47. The van der Waals surface area contributed by atoms with E-state index in [0.29, 0.717) is 19.7 Å². The number of carbonyl (C=O) groups excluding carboxylic acids is 1. The smallest absolute Gasteiger partial charge is 0.244 e. The predicted molar refractivity (Wildman–Crippen MR) is 92.9 cm³/mol. The molecule has 1 unspecified atom stereocenters. The third-order valence-electron chi connectivity index (χ3n) is 3.59. The van der Waals surface area contributed by atoms with Gasteiger partial charge in [0.05, 0.1) is 12.7 Å². The first-order valence-electron chi connectivity index (χ1n) is 7.71. The van der Waals surface area contributed by atoms with Gasteiger partial charge in [-0.15, -0.1) is 10.2 Å². The summed E-state index contributed by atoms with van der Waals surface area (Å²) < 4.78 is 5.70. The summed E-state index contributed by atoms with van der Waals surface area (Å²) in [5, 5.41) is 11.7. The van der Waals surface area contributed by atoms with Crippen LogP contribution >= 0.6 is 11.3 Å². The molecule has 0 spiro atoms. The minimum absolute atomic E-state index is 0.0550. The van der Waals surface area contributed by atoms with Crippen molar-refractivity contribution in [1.82, 2.24) is 20.5 Å². The summed E-state index contributed by atoms with van der Waals surface area (Å²) in [6, 6.07) is 1.97. The van der Waals surface area contributed by atoms with E-state index in [1.165, 1.54) is 17.4 Å². The first-order chi connectivity index (χ1) is 11.7. The van der Waals surface area contributed by atoms with Gasteiger partial charge in [0.25, 0.3) is 0 Å². The van der Waals surface area contributed by atoms with E-state index in [0.717, 1.165) is 22.8 Å². The quantitative estimate of drug-likeness (QED) is 0.822. The number of hydrogen-bond donors (Lipinski definition) is 1. The first kappa shape index (κ1) is 16.5. The lowest BCUT2D eigenvalue weighted by atomic mass is 10.2. The second-order valence-corrected chi connectivity index (χ2v) is 6.35. The molecule has 3 heterocycles. The normalized spacial score (nSPS) is 18.0. The fourth-order valence-corrected chi connectivity index (χ4v) is 3.03. The summed E-state index contributed by atoms with van der Waals surface area (Å²) in [6.45, 7) is 4.53. The van der Waals surface area contributed by atoms with Gasteiger partial charge in [0.2, 0.25) is 11.0 Å². The summed E-state index contributed by atoms with van der Waals surface area (Å²) in [5.74, 6) is -0.145. The number of amides is 1. The van der Waals surface area contributed by atoms with E-state index in [9.17, 15) is 4.79 Å². The van der Waals surface area contributed by atoms with Crippen LogP contribution in [0.3, 0.4) is 0 Å². The van der Waals surface area contributed by atoms with E-state index < -0.39 is 0 Å². The maximum Gasteiger partial charge on any atom is 0.244 e. The van der Waals surface area contributed by atoms with Gasteiger partial charge in [0.1, 0.15) is 5.51 Å². The van der Waals surface area contributed by atoms with Gasteiger partial charge in [0, 0.05) is 38.1 Å². The number of aromatic nitrogens is 3. The van der Waals surface area contributed by atoms with Crippen LogP contribution in [-0.2, 0) is 9.53 Å². The number of hydrogen-bond acceptors (Lipinski definition) is 7. The number of carbonyl (C=O) groups is 1. The average molecular weight is 345 g/mol. The van der Waals surface area contributed by atoms with Gasteiger partial charge in [0.15, 0.2) is 0 Å². The highest BCUT2D eigenvalue weighted by atomic mass is 32.1. The van der Waals surface area contributed by atoms with Crippen LogP contribution in [0.25, 0.3) is 6.08 Å². The predicted octanol–water partition coefficient (Wildman–Crippen LogP) is 1.28. The topological polar surface area (TPSA) is 80.2 Å². The van der Waals surface area contributed by atoms with Crippen molar-refractivity contribution in [2.24, 2.45) is 0 Å². The van der Waals surface area contributed by atoms with E-state index >= 15 is 0 Å². The van der Waals surface area contributed by atoms with Crippen molar-refractivity contribution in [3.63, 3.8) is 0 Å². The summed E-state index contributed by atoms with van der Waals surface area (Å²) in [6.07, 6.45) is 6.72. The third-order valence-corrected chi connectivity index (χ3v) is 4.34. The summed E-state index contributed by atoms with van der Waals surface area (Å²) in [5.41, 5.74) is 3.68. The maximum atomic E-state index is 11.9. The SMILES string of the molecule is Cc1cncc(/C=C/C(=O)NCC2CN(c3nncs3)CCO2)c1. The molecule has 24 heavy (non-hydrogen) atoms. The molecule has 1 saturated heterocycles. The number of morpholine rings is 1. The molecule has 2 aromatic heterocycles. The molecule has 126 valence electrons. The van der Waals surface area contributed by atoms with Gasteiger partial charge in [-0.2, -0.15) is 0 Å². The largest absolute Gasteiger partial charge is 0.373 e. The minimum Gasteiger partial charge on any atom is -0.373 e. The Balaban J connectivity index is 1.47. The fraction of sp³-hybridized carbons (Fsp3) is 0.375. The van der Waals surface area contributed by atoms with Gasteiger partial charge in [-0.05, 0) is 30.2 Å². The molecule has 7 nitrogen and oxygen atoms in total. The summed E-state index contributed by atoms with van der Waals surface area (Å²) in [7, 11) is 0. The highest BCUT2D eigenvalue weighted by Gasteiger charge is 2.22. The minimum atomic E-state index is -0.145. The van der Waals surface area contributed by atoms with Crippen molar-refractivity contribution in [3.8, 4) is 0 Å². The van der Waals surface area contributed by atoms with Crippen LogP contribution in [0.2, 0.25) is 0 Å². The Hall–Kier alpha value is -2.32. The monoisotopic (exact) mass is 345 g/mol. The number of pyridine rings is 1. The Kier molecular flexibility index (Phi) is 5.50.